The minimum atomic E-state index is -0.156. The molecule has 6 heteroatoms. The van der Waals surface area contributed by atoms with Crippen LogP contribution in [0.1, 0.15) is 11.3 Å². The predicted molar refractivity (Wildman–Crippen MR) is 98.7 cm³/mol. The number of rotatable bonds is 3. The van der Waals surface area contributed by atoms with Crippen molar-refractivity contribution in [1.82, 2.24) is 19.7 Å². The summed E-state index contributed by atoms with van der Waals surface area (Å²) >= 11 is 0. The predicted octanol–water partition coefficient (Wildman–Crippen LogP) is 1.87. The number of fused-ring (bicyclic) bond motifs is 1. The van der Waals surface area contributed by atoms with Crippen molar-refractivity contribution in [3.63, 3.8) is 0 Å². The van der Waals surface area contributed by atoms with Crippen molar-refractivity contribution in [3.8, 4) is 11.3 Å². The third kappa shape index (κ3) is 3.18. The van der Waals surface area contributed by atoms with Gasteiger partial charge in [0.1, 0.15) is 6.54 Å². The molecule has 4 rings (SSSR count). The van der Waals surface area contributed by atoms with E-state index in [-0.39, 0.29) is 18.0 Å². The van der Waals surface area contributed by atoms with Gasteiger partial charge in [-0.1, -0.05) is 36.4 Å². The van der Waals surface area contributed by atoms with Gasteiger partial charge in [-0.25, -0.2) is 0 Å². The first-order chi connectivity index (χ1) is 12.7. The van der Waals surface area contributed by atoms with E-state index in [2.05, 4.69) is 10.2 Å². The highest BCUT2D eigenvalue weighted by molar-refractivity contribution is 5.76. The quantitative estimate of drug-likeness (QED) is 0.785. The van der Waals surface area contributed by atoms with Gasteiger partial charge in [0.25, 0.3) is 5.56 Å². The van der Waals surface area contributed by atoms with Crippen LogP contribution < -0.4 is 5.56 Å². The van der Waals surface area contributed by atoms with Crippen LogP contribution >= 0.6 is 0 Å². The largest absolute Gasteiger partial charge is 0.340 e. The van der Waals surface area contributed by atoms with Gasteiger partial charge in [0.05, 0.1) is 5.69 Å². The average molecular weight is 348 g/mol. The summed E-state index contributed by atoms with van der Waals surface area (Å²) in [5, 5.41) is 7.62. The van der Waals surface area contributed by atoms with Crippen LogP contribution in [0.15, 0.2) is 59.5 Å². The Bertz CT molecular complexity index is 975. The monoisotopic (exact) mass is 348 g/mol. The summed E-state index contributed by atoms with van der Waals surface area (Å²) in [7, 11) is 0. The Hall–Kier alpha value is -3.15. The molecular weight excluding hydrogens is 328 g/mol. The number of hydrogen-bond donors (Lipinski definition) is 1. The summed E-state index contributed by atoms with van der Waals surface area (Å²) in [6.07, 6.45) is 3.15. The Morgan fingerprint density at radius 1 is 1.04 bits per heavy atom. The van der Waals surface area contributed by atoms with Crippen molar-refractivity contribution < 1.29 is 4.79 Å². The van der Waals surface area contributed by atoms with Crippen LogP contribution in [0.3, 0.4) is 0 Å². The lowest BCUT2D eigenvalue weighted by molar-refractivity contribution is -0.131. The number of hydrogen-bond acceptors (Lipinski definition) is 3. The van der Waals surface area contributed by atoms with Crippen LogP contribution in [0.5, 0.6) is 0 Å². The molecule has 26 heavy (non-hydrogen) atoms. The zero-order chi connectivity index (χ0) is 17.9. The number of aromatic amines is 1. The van der Waals surface area contributed by atoms with Crippen molar-refractivity contribution in [2.24, 2.45) is 0 Å². The highest BCUT2D eigenvalue weighted by Crippen LogP contribution is 2.26. The van der Waals surface area contributed by atoms with E-state index in [1.807, 2.05) is 35.2 Å². The first-order valence-corrected chi connectivity index (χ1v) is 8.77. The van der Waals surface area contributed by atoms with E-state index < -0.39 is 0 Å². The standard InChI is InChI=1S/C20H20N4O2/c25-18-8-4-5-11-24(18)14-19(26)23-12-9-16-17(10-13-23)21-22-20(16)15-6-2-1-3-7-15/h1-8,11H,9-10,12-14H2,(H,21,22). The van der Waals surface area contributed by atoms with Gasteiger partial charge in [-0.15, -0.1) is 0 Å². The number of pyridine rings is 1. The maximum absolute atomic E-state index is 12.6. The summed E-state index contributed by atoms with van der Waals surface area (Å²) in [6, 6.07) is 15.0. The lowest BCUT2D eigenvalue weighted by Gasteiger charge is -2.20. The zero-order valence-corrected chi connectivity index (χ0v) is 14.4. The van der Waals surface area contributed by atoms with Crippen LogP contribution in [0.2, 0.25) is 0 Å². The molecule has 0 saturated carbocycles. The van der Waals surface area contributed by atoms with E-state index in [1.165, 1.54) is 16.2 Å². The van der Waals surface area contributed by atoms with Gasteiger partial charge < -0.3 is 9.47 Å². The number of benzene rings is 1. The number of carbonyl (C=O) groups excluding carboxylic acids is 1. The minimum Gasteiger partial charge on any atom is -0.340 e. The van der Waals surface area contributed by atoms with E-state index in [9.17, 15) is 9.59 Å². The number of aromatic nitrogens is 3. The van der Waals surface area contributed by atoms with E-state index in [1.54, 1.807) is 18.3 Å². The molecule has 0 aliphatic carbocycles. The SMILES string of the molecule is O=C(Cn1ccccc1=O)N1CCc2[nH]nc(-c3ccccc3)c2CC1. The van der Waals surface area contributed by atoms with Crippen molar-refractivity contribution in [3.05, 3.63) is 76.3 Å². The molecule has 132 valence electrons. The van der Waals surface area contributed by atoms with Crippen LogP contribution in [0.25, 0.3) is 11.3 Å². The van der Waals surface area contributed by atoms with Gasteiger partial charge in [0.15, 0.2) is 0 Å². The van der Waals surface area contributed by atoms with Gasteiger partial charge in [-0.2, -0.15) is 5.10 Å². The molecule has 0 spiro atoms. The van der Waals surface area contributed by atoms with Gasteiger partial charge in [-0.05, 0) is 12.5 Å². The van der Waals surface area contributed by atoms with Crippen molar-refractivity contribution in [2.45, 2.75) is 19.4 Å². The van der Waals surface area contributed by atoms with Crippen LogP contribution in [-0.4, -0.2) is 38.7 Å². The molecule has 1 amide bonds. The van der Waals surface area contributed by atoms with Gasteiger partial charge in [0.2, 0.25) is 5.91 Å². The Morgan fingerprint density at radius 3 is 2.62 bits per heavy atom. The molecule has 0 atom stereocenters. The normalized spacial score (nSPS) is 13.9. The van der Waals surface area contributed by atoms with E-state index >= 15 is 0 Å². The van der Waals surface area contributed by atoms with Gasteiger partial charge in [0, 0.05) is 48.6 Å². The van der Waals surface area contributed by atoms with Gasteiger partial charge in [-0.3, -0.25) is 14.7 Å². The fourth-order valence-electron chi connectivity index (χ4n) is 3.40. The molecule has 1 N–H and O–H groups in total. The van der Waals surface area contributed by atoms with Crippen LogP contribution in [0, 0.1) is 0 Å². The van der Waals surface area contributed by atoms with E-state index in [4.69, 9.17) is 0 Å². The topological polar surface area (TPSA) is 71.0 Å². The highest BCUT2D eigenvalue weighted by Gasteiger charge is 2.23. The van der Waals surface area contributed by atoms with Crippen molar-refractivity contribution >= 4 is 5.91 Å². The molecule has 3 heterocycles. The second-order valence-electron chi connectivity index (χ2n) is 6.44. The molecule has 0 fully saturated rings. The van der Waals surface area contributed by atoms with Crippen molar-refractivity contribution in [2.75, 3.05) is 13.1 Å². The van der Waals surface area contributed by atoms with E-state index in [0.29, 0.717) is 13.1 Å². The molecule has 0 bridgehead atoms. The Kier molecular flexibility index (Phi) is 4.39. The molecule has 1 aromatic carbocycles. The molecule has 0 unspecified atom stereocenters. The summed E-state index contributed by atoms with van der Waals surface area (Å²) in [6.45, 7) is 1.34. The highest BCUT2D eigenvalue weighted by atomic mass is 16.2. The minimum absolute atomic E-state index is 0.0299. The van der Waals surface area contributed by atoms with Crippen LogP contribution in [-0.2, 0) is 24.2 Å². The summed E-state index contributed by atoms with van der Waals surface area (Å²) < 4.78 is 1.45. The number of H-pyrrole nitrogens is 1. The first kappa shape index (κ1) is 16.3. The maximum atomic E-state index is 12.6. The Balaban J connectivity index is 1.50. The molecule has 1 aliphatic rings. The first-order valence-electron chi connectivity index (χ1n) is 8.77. The maximum Gasteiger partial charge on any atom is 0.250 e. The second kappa shape index (κ2) is 7.00. The Morgan fingerprint density at radius 2 is 1.81 bits per heavy atom. The fraction of sp³-hybridized carbons (Fsp3) is 0.250. The Labute approximate surface area is 151 Å². The third-order valence-corrected chi connectivity index (χ3v) is 4.82. The number of nitrogens with one attached hydrogen (secondary N) is 1. The molecule has 6 nitrogen and oxygen atoms in total. The van der Waals surface area contributed by atoms with Crippen molar-refractivity contribution in [1.29, 1.82) is 0 Å². The summed E-state index contributed by atoms with van der Waals surface area (Å²) in [4.78, 5) is 26.3. The molecular formula is C20H20N4O2. The fourth-order valence-corrected chi connectivity index (χ4v) is 3.40. The zero-order valence-electron chi connectivity index (χ0n) is 14.4. The lowest BCUT2D eigenvalue weighted by atomic mass is 10.0. The number of nitrogens with zero attached hydrogens (tertiary/aromatic N) is 3. The summed E-state index contributed by atoms with van der Waals surface area (Å²) in [5.74, 6) is -0.0299. The molecule has 3 aromatic rings. The van der Waals surface area contributed by atoms with Crippen LogP contribution in [0.4, 0.5) is 0 Å². The average Bonchev–Trinajstić information content (AvgIpc) is 2.95. The summed E-state index contributed by atoms with van der Waals surface area (Å²) in [5.41, 5.74) is 4.17. The molecule has 0 saturated heterocycles. The lowest BCUT2D eigenvalue weighted by Crippen LogP contribution is -2.37. The van der Waals surface area contributed by atoms with Gasteiger partial charge >= 0.3 is 0 Å². The smallest absolute Gasteiger partial charge is 0.250 e. The molecule has 2 aromatic heterocycles. The third-order valence-electron chi connectivity index (χ3n) is 4.82. The second-order valence-corrected chi connectivity index (χ2v) is 6.44. The van der Waals surface area contributed by atoms with E-state index in [0.717, 1.165) is 29.8 Å². The molecule has 0 radical (unpaired) electrons. The molecule has 1 aliphatic heterocycles. The number of carbonyl (C=O) groups is 1. The number of amides is 1.